The number of hydrogen-bond acceptors (Lipinski definition) is 2. The van der Waals surface area contributed by atoms with Gasteiger partial charge in [0.2, 0.25) is 0 Å². The van der Waals surface area contributed by atoms with Crippen molar-refractivity contribution in [1.29, 1.82) is 0 Å². The first-order valence-electron chi connectivity index (χ1n) is 5.96. The summed E-state index contributed by atoms with van der Waals surface area (Å²) in [5.74, 6) is -0.894. The van der Waals surface area contributed by atoms with Crippen LogP contribution in [0.3, 0.4) is 0 Å². The fourth-order valence-electron chi connectivity index (χ4n) is 2.23. The Balaban J connectivity index is 2.08. The average Bonchev–Trinajstić information content (AvgIpc) is 2.33. The lowest BCUT2D eigenvalue weighted by molar-refractivity contribution is 0.0697. The summed E-state index contributed by atoms with van der Waals surface area (Å²) in [5.41, 5.74) is 1.30. The van der Waals surface area contributed by atoms with Crippen molar-refractivity contribution in [1.82, 2.24) is 0 Å². The van der Waals surface area contributed by atoms with Gasteiger partial charge in [-0.05, 0) is 47.0 Å². The highest BCUT2D eigenvalue weighted by molar-refractivity contribution is 9.10. The van der Waals surface area contributed by atoms with Crippen molar-refractivity contribution in [2.45, 2.75) is 38.1 Å². The van der Waals surface area contributed by atoms with E-state index < -0.39 is 5.97 Å². The van der Waals surface area contributed by atoms with E-state index in [-0.39, 0.29) is 0 Å². The van der Waals surface area contributed by atoms with Crippen molar-refractivity contribution >= 4 is 27.6 Å². The number of anilines is 1. The van der Waals surface area contributed by atoms with Gasteiger partial charge in [0, 0.05) is 16.2 Å². The largest absolute Gasteiger partial charge is 0.478 e. The van der Waals surface area contributed by atoms with Gasteiger partial charge in [-0.25, -0.2) is 4.79 Å². The Hall–Kier alpha value is -1.03. The summed E-state index contributed by atoms with van der Waals surface area (Å²) >= 11 is 3.42. The number of halogens is 1. The van der Waals surface area contributed by atoms with E-state index in [2.05, 4.69) is 21.2 Å². The van der Waals surface area contributed by atoms with E-state index in [4.69, 9.17) is 5.11 Å². The van der Waals surface area contributed by atoms with E-state index in [1.807, 2.05) is 6.07 Å². The molecule has 3 nitrogen and oxygen atoms in total. The zero-order valence-corrected chi connectivity index (χ0v) is 11.2. The molecule has 0 amide bonds. The quantitative estimate of drug-likeness (QED) is 0.890. The molecule has 1 fully saturated rings. The van der Waals surface area contributed by atoms with Crippen LogP contribution in [-0.4, -0.2) is 17.1 Å². The lowest BCUT2D eigenvalue weighted by Gasteiger charge is -2.24. The smallest absolute Gasteiger partial charge is 0.335 e. The molecule has 0 unspecified atom stereocenters. The van der Waals surface area contributed by atoms with Crippen LogP contribution in [0.2, 0.25) is 0 Å². The lowest BCUT2D eigenvalue weighted by Crippen LogP contribution is -2.22. The Kier molecular flexibility index (Phi) is 4.05. The molecule has 0 saturated heterocycles. The maximum atomic E-state index is 10.8. The van der Waals surface area contributed by atoms with Crippen LogP contribution in [-0.2, 0) is 0 Å². The maximum Gasteiger partial charge on any atom is 0.335 e. The minimum Gasteiger partial charge on any atom is -0.478 e. The molecule has 0 bridgehead atoms. The van der Waals surface area contributed by atoms with Crippen LogP contribution in [0.1, 0.15) is 42.5 Å². The molecule has 1 aromatic carbocycles. The molecule has 1 aliphatic rings. The van der Waals surface area contributed by atoms with Gasteiger partial charge in [0.15, 0.2) is 0 Å². The molecular weight excluding hydrogens is 282 g/mol. The summed E-state index contributed by atoms with van der Waals surface area (Å²) in [6.45, 7) is 0. The van der Waals surface area contributed by atoms with E-state index in [1.165, 1.54) is 32.1 Å². The molecule has 17 heavy (non-hydrogen) atoms. The predicted molar refractivity (Wildman–Crippen MR) is 71.6 cm³/mol. The van der Waals surface area contributed by atoms with Gasteiger partial charge in [-0.15, -0.1) is 0 Å². The van der Waals surface area contributed by atoms with Gasteiger partial charge in [-0.3, -0.25) is 0 Å². The molecule has 4 heteroatoms. The third-order valence-corrected chi connectivity index (χ3v) is 3.84. The lowest BCUT2D eigenvalue weighted by atomic mass is 9.95. The molecule has 0 atom stereocenters. The summed E-state index contributed by atoms with van der Waals surface area (Å²) in [5, 5.41) is 12.4. The Morgan fingerprint density at radius 3 is 2.59 bits per heavy atom. The minimum atomic E-state index is -0.894. The average molecular weight is 298 g/mol. The van der Waals surface area contributed by atoms with Crippen LogP contribution in [0.4, 0.5) is 5.69 Å². The van der Waals surface area contributed by atoms with Crippen LogP contribution >= 0.6 is 15.9 Å². The van der Waals surface area contributed by atoms with Gasteiger partial charge in [0.05, 0.1) is 5.56 Å². The van der Waals surface area contributed by atoms with Crippen LogP contribution in [0.15, 0.2) is 22.7 Å². The molecule has 2 N–H and O–H groups in total. The number of hydrogen-bond donors (Lipinski definition) is 2. The van der Waals surface area contributed by atoms with Crippen molar-refractivity contribution < 1.29 is 9.90 Å². The number of carbonyl (C=O) groups is 1. The van der Waals surface area contributed by atoms with Gasteiger partial charge in [-0.2, -0.15) is 0 Å². The molecule has 1 aliphatic carbocycles. The van der Waals surface area contributed by atoms with E-state index in [0.717, 1.165) is 10.2 Å². The highest BCUT2D eigenvalue weighted by Gasteiger charge is 2.14. The molecule has 0 aromatic heterocycles. The second-order valence-electron chi connectivity index (χ2n) is 4.48. The zero-order valence-electron chi connectivity index (χ0n) is 9.58. The van der Waals surface area contributed by atoms with E-state index >= 15 is 0 Å². The first-order valence-corrected chi connectivity index (χ1v) is 6.75. The fraction of sp³-hybridized carbons (Fsp3) is 0.462. The summed E-state index contributed by atoms with van der Waals surface area (Å²) in [7, 11) is 0. The van der Waals surface area contributed by atoms with Crippen LogP contribution in [0, 0.1) is 0 Å². The molecule has 0 radical (unpaired) electrons. The van der Waals surface area contributed by atoms with Gasteiger partial charge < -0.3 is 10.4 Å². The molecule has 0 aliphatic heterocycles. The van der Waals surface area contributed by atoms with Gasteiger partial charge in [0.1, 0.15) is 0 Å². The van der Waals surface area contributed by atoms with Crippen LogP contribution in [0.5, 0.6) is 0 Å². The first kappa shape index (κ1) is 12.4. The summed E-state index contributed by atoms with van der Waals surface area (Å²) in [6, 6.07) is 5.64. The van der Waals surface area contributed by atoms with Crippen molar-refractivity contribution in [3.8, 4) is 0 Å². The first-order chi connectivity index (χ1) is 8.16. The number of carboxylic acid groups (broad SMARTS) is 1. The molecule has 1 aromatic rings. The second kappa shape index (κ2) is 5.54. The third kappa shape index (κ3) is 3.22. The number of aromatic carboxylic acids is 1. The highest BCUT2D eigenvalue weighted by atomic mass is 79.9. The zero-order chi connectivity index (χ0) is 12.3. The number of rotatable bonds is 3. The predicted octanol–water partition coefficient (Wildman–Crippen LogP) is 3.89. The van der Waals surface area contributed by atoms with Gasteiger partial charge in [0.25, 0.3) is 0 Å². The maximum absolute atomic E-state index is 10.8. The summed E-state index contributed by atoms with van der Waals surface area (Å²) in [4.78, 5) is 10.8. The molecule has 0 heterocycles. The number of benzene rings is 1. The van der Waals surface area contributed by atoms with Crippen molar-refractivity contribution in [2.24, 2.45) is 0 Å². The summed E-state index contributed by atoms with van der Waals surface area (Å²) in [6.07, 6.45) is 6.29. The van der Waals surface area contributed by atoms with E-state index in [9.17, 15) is 4.79 Å². The third-order valence-electron chi connectivity index (χ3n) is 3.18. The minimum absolute atomic E-state index is 0.311. The Bertz CT molecular complexity index is 414. The monoisotopic (exact) mass is 297 g/mol. The molecule has 92 valence electrons. The van der Waals surface area contributed by atoms with Gasteiger partial charge >= 0.3 is 5.97 Å². The molecular formula is C13H16BrNO2. The normalized spacial score (nSPS) is 16.8. The van der Waals surface area contributed by atoms with Gasteiger partial charge in [-0.1, -0.05) is 19.3 Å². The van der Waals surface area contributed by atoms with Crippen LogP contribution in [0.25, 0.3) is 0 Å². The Labute approximate surface area is 109 Å². The number of carboxylic acids is 1. The standard InChI is InChI=1S/C13H16BrNO2/c14-11-8-9(13(16)17)6-7-12(11)15-10-4-2-1-3-5-10/h6-8,10,15H,1-5H2,(H,16,17). The summed E-state index contributed by atoms with van der Waals surface area (Å²) < 4.78 is 0.822. The second-order valence-corrected chi connectivity index (χ2v) is 5.33. The Morgan fingerprint density at radius 1 is 1.29 bits per heavy atom. The molecule has 2 rings (SSSR count). The topological polar surface area (TPSA) is 49.3 Å². The number of nitrogens with one attached hydrogen (secondary N) is 1. The highest BCUT2D eigenvalue weighted by Crippen LogP contribution is 2.27. The van der Waals surface area contributed by atoms with Crippen molar-refractivity contribution in [3.05, 3.63) is 28.2 Å². The molecule has 1 saturated carbocycles. The Morgan fingerprint density at radius 2 is 2.00 bits per heavy atom. The van der Waals surface area contributed by atoms with Crippen molar-refractivity contribution in [3.63, 3.8) is 0 Å². The fourth-order valence-corrected chi connectivity index (χ4v) is 2.73. The van der Waals surface area contributed by atoms with E-state index in [0.29, 0.717) is 11.6 Å². The molecule has 0 spiro atoms. The van der Waals surface area contributed by atoms with Crippen molar-refractivity contribution in [2.75, 3.05) is 5.32 Å². The van der Waals surface area contributed by atoms with Crippen LogP contribution < -0.4 is 5.32 Å². The SMILES string of the molecule is O=C(O)c1ccc(NC2CCCCC2)c(Br)c1. The van der Waals surface area contributed by atoms with E-state index in [1.54, 1.807) is 12.1 Å².